The van der Waals surface area contributed by atoms with Crippen LogP contribution in [0.1, 0.15) is 62.8 Å². The van der Waals surface area contributed by atoms with Crippen molar-refractivity contribution >= 4 is 35.2 Å². The zero-order valence-electron chi connectivity index (χ0n) is 21.5. The SMILES string of the molecule is Cc1ccc(OC2CCN(C(=O)OC(C)(C)C)C2)c([C@H]2NC(=O)CC[C@]23C(=O)Nc2cc(Cl)ccc23)c1. The average molecular weight is 526 g/mol. The van der Waals surface area contributed by atoms with Crippen LogP contribution >= 0.6 is 11.6 Å². The molecule has 2 aromatic carbocycles. The first-order chi connectivity index (χ1) is 17.5. The van der Waals surface area contributed by atoms with E-state index >= 15 is 0 Å². The van der Waals surface area contributed by atoms with E-state index < -0.39 is 17.1 Å². The van der Waals surface area contributed by atoms with Crippen LogP contribution in [0.3, 0.4) is 0 Å². The minimum Gasteiger partial charge on any atom is -0.488 e. The fourth-order valence-corrected chi connectivity index (χ4v) is 5.72. The molecule has 3 atom stereocenters. The molecular formula is C28H32ClN3O5. The third kappa shape index (κ3) is 4.75. The number of halogens is 1. The Morgan fingerprint density at radius 3 is 2.70 bits per heavy atom. The molecule has 0 saturated carbocycles. The number of aryl methyl sites for hydroxylation is 1. The van der Waals surface area contributed by atoms with Gasteiger partial charge in [-0.2, -0.15) is 0 Å². The molecule has 0 aromatic heterocycles. The lowest BCUT2D eigenvalue weighted by Gasteiger charge is -2.41. The topological polar surface area (TPSA) is 97.0 Å². The van der Waals surface area contributed by atoms with Gasteiger partial charge in [0.05, 0.1) is 12.6 Å². The van der Waals surface area contributed by atoms with E-state index in [0.29, 0.717) is 42.4 Å². The van der Waals surface area contributed by atoms with Crippen molar-refractivity contribution in [2.24, 2.45) is 0 Å². The van der Waals surface area contributed by atoms with Crippen molar-refractivity contribution in [3.8, 4) is 5.75 Å². The Labute approximate surface area is 221 Å². The number of amides is 3. The number of carbonyl (C=O) groups excluding carboxylic acids is 3. The molecule has 0 bridgehead atoms. The summed E-state index contributed by atoms with van der Waals surface area (Å²) in [6, 6.07) is 10.5. The third-order valence-electron chi connectivity index (χ3n) is 7.23. The van der Waals surface area contributed by atoms with Gasteiger partial charge in [-0.15, -0.1) is 0 Å². The lowest BCUT2D eigenvalue weighted by atomic mass is 9.67. The number of benzene rings is 2. The number of piperidine rings is 1. The number of nitrogens with zero attached hydrogens (tertiary/aromatic N) is 1. The number of nitrogens with one attached hydrogen (secondary N) is 2. The van der Waals surface area contributed by atoms with Crippen LogP contribution in [0.4, 0.5) is 10.5 Å². The van der Waals surface area contributed by atoms with Gasteiger partial charge in [-0.3, -0.25) is 9.59 Å². The van der Waals surface area contributed by atoms with Gasteiger partial charge in [0.15, 0.2) is 0 Å². The maximum Gasteiger partial charge on any atom is 0.410 e. The molecule has 196 valence electrons. The minimum atomic E-state index is -0.988. The van der Waals surface area contributed by atoms with E-state index in [1.54, 1.807) is 17.0 Å². The molecule has 0 radical (unpaired) electrons. The molecule has 3 heterocycles. The van der Waals surface area contributed by atoms with E-state index in [-0.39, 0.29) is 30.4 Å². The quantitative estimate of drug-likeness (QED) is 0.595. The number of likely N-dealkylation sites (tertiary alicyclic amines) is 1. The molecule has 2 aromatic rings. The Kier molecular flexibility index (Phi) is 6.34. The fraction of sp³-hybridized carbons (Fsp3) is 0.464. The Hall–Kier alpha value is -3.26. The van der Waals surface area contributed by atoms with Crippen LogP contribution in [0.25, 0.3) is 0 Å². The highest BCUT2D eigenvalue weighted by atomic mass is 35.5. The van der Waals surface area contributed by atoms with Crippen molar-refractivity contribution in [1.29, 1.82) is 0 Å². The Bertz CT molecular complexity index is 1270. The average Bonchev–Trinajstić information content (AvgIpc) is 3.38. The highest BCUT2D eigenvalue weighted by Crippen LogP contribution is 2.52. The molecule has 3 amide bonds. The van der Waals surface area contributed by atoms with Gasteiger partial charge in [-0.1, -0.05) is 35.4 Å². The summed E-state index contributed by atoms with van der Waals surface area (Å²) in [6.45, 7) is 8.41. The fourth-order valence-electron chi connectivity index (χ4n) is 5.55. The van der Waals surface area contributed by atoms with Gasteiger partial charge in [0.25, 0.3) is 0 Å². The Morgan fingerprint density at radius 2 is 1.95 bits per heavy atom. The summed E-state index contributed by atoms with van der Waals surface area (Å²) in [5.74, 6) is 0.304. The van der Waals surface area contributed by atoms with Crippen molar-refractivity contribution in [1.82, 2.24) is 10.2 Å². The number of carbonyl (C=O) groups is 3. The van der Waals surface area contributed by atoms with Gasteiger partial charge < -0.3 is 25.0 Å². The normalized spacial score (nSPS) is 25.1. The van der Waals surface area contributed by atoms with Crippen molar-refractivity contribution in [3.63, 3.8) is 0 Å². The third-order valence-corrected chi connectivity index (χ3v) is 7.46. The molecule has 2 saturated heterocycles. The highest BCUT2D eigenvalue weighted by molar-refractivity contribution is 6.31. The van der Waals surface area contributed by atoms with Crippen molar-refractivity contribution in [2.45, 2.75) is 70.1 Å². The molecule has 0 aliphatic carbocycles. The molecular weight excluding hydrogens is 494 g/mol. The lowest BCUT2D eigenvalue weighted by molar-refractivity contribution is -0.130. The molecule has 2 N–H and O–H groups in total. The number of fused-ring (bicyclic) bond motifs is 2. The Balaban J connectivity index is 1.47. The number of hydrogen-bond acceptors (Lipinski definition) is 5. The summed E-state index contributed by atoms with van der Waals surface area (Å²) in [5.41, 5.74) is 1.64. The molecule has 1 spiro atoms. The van der Waals surface area contributed by atoms with Gasteiger partial charge in [0.1, 0.15) is 22.9 Å². The number of hydrogen-bond donors (Lipinski definition) is 2. The number of anilines is 1. The van der Waals surface area contributed by atoms with Gasteiger partial charge in [0, 0.05) is 35.7 Å². The second-order valence-corrected chi connectivity index (χ2v) is 11.5. The maximum absolute atomic E-state index is 13.6. The van der Waals surface area contributed by atoms with Gasteiger partial charge in [-0.25, -0.2) is 4.79 Å². The first-order valence-electron chi connectivity index (χ1n) is 12.6. The van der Waals surface area contributed by atoms with E-state index in [1.165, 1.54) is 0 Å². The van der Waals surface area contributed by atoms with Crippen LogP contribution in [-0.4, -0.2) is 47.6 Å². The van der Waals surface area contributed by atoms with Gasteiger partial charge >= 0.3 is 6.09 Å². The van der Waals surface area contributed by atoms with E-state index in [4.69, 9.17) is 21.1 Å². The zero-order chi connectivity index (χ0) is 26.5. The molecule has 2 fully saturated rings. The summed E-state index contributed by atoms with van der Waals surface area (Å²) < 4.78 is 12.0. The second kappa shape index (κ2) is 9.24. The van der Waals surface area contributed by atoms with Crippen LogP contribution in [0.2, 0.25) is 5.02 Å². The predicted molar refractivity (Wildman–Crippen MR) is 140 cm³/mol. The van der Waals surface area contributed by atoms with Crippen LogP contribution in [0.5, 0.6) is 5.75 Å². The first-order valence-corrected chi connectivity index (χ1v) is 13.0. The molecule has 5 rings (SSSR count). The molecule has 8 nitrogen and oxygen atoms in total. The van der Waals surface area contributed by atoms with Crippen LogP contribution in [0.15, 0.2) is 36.4 Å². The summed E-state index contributed by atoms with van der Waals surface area (Å²) >= 11 is 6.21. The lowest BCUT2D eigenvalue weighted by Crippen LogP contribution is -2.52. The smallest absolute Gasteiger partial charge is 0.410 e. The van der Waals surface area contributed by atoms with Crippen LogP contribution < -0.4 is 15.4 Å². The minimum absolute atomic E-state index is 0.115. The van der Waals surface area contributed by atoms with E-state index in [1.807, 2.05) is 52.0 Å². The van der Waals surface area contributed by atoms with Crippen LogP contribution in [-0.2, 0) is 19.7 Å². The summed E-state index contributed by atoms with van der Waals surface area (Å²) in [5, 5.41) is 6.61. The van der Waals surface area contributed by atoms with Crippen molar-refractivity contribution in [2.75, 3.05) is 18.4 Å². The van der Waals surface area contributed by atoms with Crippen molar-refractivity contribution in [3.05, 3.63) is 58.1 Å². The monoisotopic (exact) mass is 525 g/mol. The molecule has 37 heavy (non-hydrogen) atoms. The van der Waals surface area contributed by atoms with Gasteiger partial charge in [-0.05, 0) is 57.9 Å². The summed E-state index contributed by atoms with van der Waals surface area (Å²) in [6.07, 6.45) is 0.650. The summed E-state index contributed by atoms with van der Waals surface area (Å²) in [4.78, 5) is 40.4. The largest absolute Gasteiger partial charge is 0.488 e. The maximum atomic E-state index is 13.6. The number of rotatable bonds is 3. The summed E-state index contributed by atoms with van der Waals surface area (Å²) in [7, 11) is 0. The first kappa shape index (κ1) is 25.4. The van der Waals surface area contributed by atoms with E-state index in [2.05, 4.69) is 10.6 Å². The van der Waals surface area contributed by atoms with Crippen LogP contribution in [0, 0.1) is 6.92 Å². The van der Waals surface area contributed by atoms with E-state index in [9.17, 15) is 14.4 Å². The number of ether oxygens (including phenoxy) is 2. The standard InChI is InChI=1S/C28H32ClN3O5/c1-16-5-8-22(36-18-10-12-32(15-18)26(35)37-27(2,3)4)19(13-16)24-28(11-9-23(33)31-24)20-7-6-17(29)14-21(20)30-25(28)34/h5-8,13-14,18,24H,9-12,15H2,1-4H3,(H,30,34)(H,31,33)/t18?,24-,28-/m1/s1. The molecule has 3 aliphatic rings. The molecule has 3 aliphatic heterocycles. The highest BCUT2D eigenvalue weighted by Gasteiger charge is 2.56. The van der Waals surface area contributed by atoms with E-state index in [0.717, 1.165) is 16.7 Å². The molecule has 9 heteroatoms. The molecule has 1 unspecified atom stereocenters. The van der Waals surface area contributed by atoms with Crippen molar-refractivity contribution < 1.29 is 23.9 Å². The second-order valence-electron chi connectivity index (χ2n) is 11.1. The Morgan fingerprint density at radius 1 is 1.16 bits per heavy atom. The predicted octanol–water partition coefficient (Wildman–Crippen LogP) is 4.88. The zero-order valence-corrected chi connectivity index (χ0v) is 22.3. The van der Waals surface area contributed by atoms with Gasteiger partial charge in [0.2, 0.25) is 11.8 Å².